The SMILES string of the molecule is Cc1ccccc1CN(C(=O)CN(c1cc(Cl)cc(Cl)c1)S(C)(=O)=O)[C@H](Cc1ccccc1)C(=O)NC(C)(C)C. The van der Waals surface area contributed by atoms with Gasteiger partial charge in [0, 0.05) is 28.5 Å². The molecule has 40 heavy (non-hydrogen) atoms. The van der Waals surface area contributed by atoms with Gasteiger partial charge in [0.25, 0.3) is 0 Å². The molecule has 0 radical (unpaired) electrons. The molecule has 0 aliphatic carbocycles. The first kappa shape index (κ1) is 31.5. The van der Waals surface area contributed by atoms with Gasteiger partial charge in [-0.3, -0.25) is 13.9 Å². The molecular formula is C30H35Cl2N3O4S. The number of halogens is 2. The van der Waals surface area contributed by atoms with Crippen LogP contribution in [0.15, 0.2) is 72.8 Å². The summed E-state index contributed by atoms with van der Waals surface area (Å²) < 4.78 is 26.8. The van der Waals surface area contributed by atoms with Gasteiger partial charge in [0.2, 0.25) is 21.8 Å². The van der Waals surface area contributed by atoms with Crippen LogP contribution in [0.4, 0.5) is 5.69 Å². The monoisotopic (exact) mass is 603 g/mol. The van der Waals surface area contributed by atoms with Crippen LogP contribution in [-0.2, 0) is 32.6 Å². The molecule has 1 N–H and O–H groups in total. The van der Waals surface area contributed by atoms with Crippen molar-refractivity contribution in [2.75, 3.05) is 17.1 Å². The Morgan fingerprint density at radius 2 is 1.50 bits per heavy atom. The minimum Gasteiger partial charge on any atom is -0.350 e. The van der Waals surface area contributed by atoms with Gasteiger partial charge in [-0.25, -0.2) is 8.42 Å². The quantitative estimate of drug-likeness (QED) is 0.326. The summed E-state index contributed by atoms with van der Waals surface area (Å²) in [7, 11) is -3.93. The molecule has 3 aromatic rings. The van der Waals surface area contributed by atoms with Gasteiger partial charge in [-0.2, -0.15) is 0 Å². The number of sulfonamides is 1. The number of benzene rings is 3. The Labute approximate surface area is 247 Å². The number of carbonyl (C=O) groups is 2. The third-order valence-corrected chi connectivity index (χ3v) is 7.76. The summed E-state index contributed by atoms with van der Waals surface area (Å²) in [6.07, 6.45) is 1.25. The van der Waals surface area contributed by atoms with Gasteiger partial charge in [-0.15, -0.1) is 0 Å². The zero-order valence-electron chi connectivity index (χ0n) is 23.3. The maximum absolute atomic E-state index is 14.1. The molecule has 0 heterocycles. The predicted molar refractivity (Wildman–Crippen MR) is 162 cm³/mol. The van der Waals surface area contributed by atoms with E-state index >= 15 is 0 Å². The van der Waals surface area contributed by atoms with Crippen molar-refractivity contribution in [1.29, 1.82) is 0 Å². The van der Waals surface area contributed by atoms with Crippen molar-refractivity contribution in [3.8, 4) is 0 Å². The Hall–Kier alpha value is -3.07. The van der Waals surface area contributed by atoms with Crippen LogP contribution in [0, 0.1) is 6.92 Å². The lowest BCUT2D eigenvalue weighted by atomic mass is 10.00. The average molecular weight is 605 g/mol. The first-order chi connectivity index (χ1) is 18.6. The fourth-order valence-corrected chi connectivity index (χ4v) is 5.62. The molecule has 0 aliphatic heterocycles. The number of carbonyl (C=O) groups excluding carboxylic acids is 2. The van der Waals surface area contributed by atoms with E-state index in [1.165, 1.54) is 23.1 Å². The number of amides is 2. The number of hydrogen-bond acceptors (Lipinski definition) is 4. The maximum Gasteiger partial charge on any atom is 0.244 e. The normalized spacial score (nSPS) is 12.5. The van der Waals surface area contributed by atoms with Crippen molar-refractivity contribution < 1.29 is 18.0 Å². The molecule has 0 bridgehead atoms. The minimum atomic E-state index is -3.93. The van der Waals surface area contributed by atoms with Crippen molar-refractivity contribution in [2.45, 2.75) is 52.2 Å². The lowest BCUT2D eigenvalue weighted by Crippen LogP contribution is -2.56. The molecule has 3 aromatic carbocycles. The second-order valence-electron chi connectivity index (χ2n) is 10.8. The van der Waals surface area contributed by atoms with Crippen LogP contribution in [0.3, 0.4) is 0 Å². The van der Waals surface area contributed by atoms with Crippen molar-refractivity contribution >= 4 is 50.7 Å². The molecule has 7 nitrogen and oxygen atoms in total. The van der Waals surface area contributed by atoms with Crippen LogP contribution in [0.5, 0.6) is 0 Å². The Kier molecular flexibility index (Phi) is 10.3. The third kappa shape index (κ3) is 8.98. The molecule has 0 saturated heterocycles. The zero-order valence-corrected chi connectivity index (χ0v) is 25.6. The van der Waals surface area contributed by atoms with Crippen LogP contribution in [-0.4, -0.2) is 49.5 Å². The molecule has 0 unspecified atom stereocenters. The number of nitrogens with one attached hydrogen (secondary N) is 1. The van der Waals surface area contributed by atoms with Gasteiger partial charge in [0.05, 0.1) is 11.9 Å². The molecular weight excluding hydrogens is 569 g/mol. The van der Waals surface area contributed by atoms with Gasteiger partial charge in [-0.1, -0.05) is 77.8 Å². The van der Waals surface area contributed by atoms with Crippen molar-refractivity contribution in [3.05, 3.63) is 99.5 Å². The number of rotatable bonds is 10. The van der Waals surface area contributed by atoms with Crippen LogP contribution in [0.2, 0.25) is 10.0 Å². The molecule has 10 heteroatoms. The summed E-state index contributed by atoms with van der Waals surface area (Å²) in [5, 5.41) is 3.46. The van der Waals surface area contributed by atoms with E-state index in [1.807, 2.05) is 82.3 Å². The molecule has 0 saturated carbocycles. The fourth-order valence-electron chi connectivity index (χ4n) is 4.27. The third-order valence-electron chi connectivity index (χ3n) is 6.19. The van der Waals surface area contributed by atoms with Gasteiger partial charge in [0.1, 0.15) is 12.6 Å². The van der Waals surface area contributed by atoms with Crippen molar-refractivity contribution in [1.82, 2.24) is 10.2 Å². The van der Waals surface area contributed by atoms with Gasteiger partial charge < -0.3 is 10.2 Å². The van der Waals surface area contributed by atoms with Crippen molar-refractivity contribution in [2.24, 2.45) is 0 Å². The van der Waals surface area contributed by atoms with E-state index in [0.29, 0.717) is 0 Å². The minimum absolute atomic E-state index is 0.106. The summed E-state index contributed by atoms with van der Waals surface area (Å²) >= 11 is 12.3. The maximum atomic E-state index is 14.1. The smallest absolute Gasteiger partial charge is 0.244 e. The van der Waals surface area contributed by atoms with E-state index in [4.69, 9.17) is 23.2 Å². The average Bonchev–Trinajstić information content (AvgIpc) is 2.83. The summed E-state index contributed by atoms with van der Waals surface area (Å²) in [6, 6.07) is 20.4. The summed E-state index contributed by atoms with van der Waals surface area (Å²) in [6.45, 7) is 7.09. The highest BCUT2D eigenvalue weighted by molar-refractivity contribution is 7.92. The molecule has 1 atom stereocenters. The Morgan fingerprint density at radius 1 is 0.925 bits per heavy atom. The summed E-state index contributed by atoms with van der Waals surface area (Å²) in [5.41, 5.74) is 2.24. The molecule has 0 fully saturated rings. The molecule has 0 aliphatic rings. The highest BCUT2D eigenvalue weighted by Crippen LogP contribution is 2.28. The van der Waals surface area contributed by atoms with E-state index in [-0.39, 0.29) is 34.6 Å². The first-order valence-electron chi connectivity index (χ1n) is 12.8. The van der Waals surface area contributed by atoms with Gasteiger partial charge in [-0.05, 0) is 62.6 Å². The van der Waals surface area contributed by atoms with Crippen LogP contribution in [0.1, 0.15) is 37.5 Å². The second-order valence-corrected chi connectivity index (χ2v) is 13.6. The molecule has 2 amide bonds. The predicted octanol–water partition coefficient (Wildman–Crippen LogP) is 5.62. The van der Waals surface area contributed by atoms with E-state index in [0.717, 1.165) is 27.3 Å². The van der Waals surface area contributed by atoms with E-state index in [2.05, 4.69) is 5.32 Å². The zero-order chi connectivity index (χ0) is 29.7. The molecule has 0 aromatic heterocycles. The molecule has 214 valence electrons. The van der Waals surface area contributed by atoms with Gasteiger partial charge in [0.15, 0.2) is 0 Å². The fraction of sp³-hybridized carbons (Fsp3) is 0.333. The van der Waals surface area contributed by atoms with E-state index < -0.39 is 34.1 Å². The Bertz CT molecular complexity index is 1440. The lowest BCUT2D eigenvalue weighted by molar-refractivity contribution is -0.140. The topological polar surface area (TPSA) is 86.8 Å². The van der Waals surface area contributed by atoms with Crippen LogP contribution >= 0.6 is 23.2 Å². The molecule has 0 spiro atoms. The first-order valence-corrected chi connectivity index (χ1v) is 15.4. The largest absolute Gasteiger partial charge is 0.350 e. The van der Waals surface area contributed by atoms with Gasteiger partial charge >= 0.3 is 0 Å². The van der Waals surface area contributed by atoms with Crippen molar-refractivity contribution in [3.63, 3.8) is 0 Å². The lowest BCUT2D eigenvalue weighted by Gasteiger charge is -2.35. The second kappa shape index (κ2) is 13.1. The van der Waals surface area contributed by atoms with E-state index in [1.54, 1.807) is 0 Å². The highest BCUT2D eigenvalue weighted by atomic mass is 35.5. The Morgan fingerprint density at radius 3 is 2.05 bits per heavy atom. The summed E-state index contributed by atoms with van der Waals surface area (Å²) in [4.78, 5) is 29.3. The standard InChI is InChI=1S/C30H35Cl2N3O4S/c1-21-11-9-10-14-23(21)19-34(27(29(37)33-30(2,3)4)15-22-12-7-6-8-13-22)28(36)20-35(40(5,38)39)26-17-24(31)16-25(32)18-26/h6-14,16-18,27H,15,19-20H2,1-5H3,(H,33,37)/t27-/m1/s1. The van der Waals surface area contributed by atoms with Crippen LogP contribution in [0.25, 0.3) is 0 Å². The molecule has 3 rings (SSSR count). The highest BCUT2D eigenvalue weighted by Gasteiger charge is 2.34. The van der Waals surface area contributed by atoms with Crippen LogP contribution < -0.4 is 9.62 Å². The summed E-state index contributed by atoms with van der Waals surface area (Å²) in [5.74, 6) is -0.884. The number of hydrogen-bond donors (Lipinski definition) is 1. The number of nitrogens with zero attached hydrogens (tertiary/aromatic N) is 2. The Balaban J connectivity index is 2.10. The number of anilines is 1. The van der Waals surface area contributed by atoms with E-state index in [9.17, 15) is 18.0 Å². The number of aryl methyl sites for hydroxylation is 1.